The van der Waals surface area contributed by atoms with Crippen LogP contribution in [0, 0.1) is 5.92 Å². The van der Waals surface area contributed by atoms with Crippen molar-refractivity contribution in [2.45, 2.75) is 52.1 Å². The average Bonchev–Trinajstić information content (AvgIpc) is 2.35. The van der Waals surface area contributed by atoms with Gasteiger partial charge < -0.3 is 10.6 Å². The molecule has 1 unspecified atom stereocenters. The van der Waals surface area contributed by atoms with E-state index in [9.17, 15) is 0 Å². The predicted molar refractivity (Wildman–Crippen MR) is 75.2 cm³/mol. The molecular formula is C14H31N3. The van der Waals surface area contributed by atoms with Gasteiger partial charge in [-0.2, -0.15) is 0 Å². The van der Waals surface area contributed by atoms with Crippen molar-refractivity contribution in [2.75, 3.05) is 33.2 Å². The minimum absolute atomic E-state index is 0.563. The largest absolute Gasteiger partial charge is 0.329 e. The standard InChI is InChI=1S/C14H31N3/c1-5-17-8-6-13(7-9-17)16(4)14(11-15)10-12(2)3/h12-14H,5-11,15H2,1-4H3. The molecule has 0 amide bonds. The summed E-state index contributed by atoms with van der Waals surface area (Å²) in [5, 5.41) is 0. The molecule has 0 aromatic rings. The summed E-state index contributed by atoms with van der Waals surface area (Å²) in [7, 11) is 2.27. The van der Waals surface area contributed by atoms with Crippen LogP contribution in [0.2, 0.25) is 0 Å². The second kappa shape index (κ2) is 7.34. The Kier molecular flexibility index (Phi) is 6.45. The monoisotopic (exact) mass is 241 g/mol. The van der Waals surface area contributed by atoms with Gasteiger partial charge in [-0.3, -0.25) is 4.90 Å². The lowest BCUT2D eigenvalue weighted by atomic mass is 9.97. The zero-order chi connectivity index (χ0) is 12.8. The molecule has 0 spiro atoms. The van der Waals surface area contributed by atoms with Gasteiger partial charge >= 0.3 is 0 Å². The molecule has 0 saturated carbocycles. The van der Waals surface area contributed by atoms with E-state index in [-0.39, 0.29) is 0 Å². The van der Waals surface area contributed by atoms with Gasteiger partial charge in [-0.05, 0) is 51.9 Å². The zero-order valence-electron chi connectivity index (χ0n) is 12.2. The quantitative estimate of drug-likeness (QED) is 0.769. The van der Waals surface area contributed by atoms with E-state index in [1.165, 1.54) is 38.9 Å². The molecule has 17 heavy (non-hydrogen) atoms. The van der Waals surface area contributed by atoms with Crippen molar-refractivity contribution in [1.82, 2.24) is 9.80 Å². The summed E-state index contributed by atoms with van der Waals surface area (Å²) in [5.74, 6) is 0.738. The summed E-state index contributed by atoms with van der Waals surface area (Å²) in [4.78, 5) is 5.09. The van der Waals surface area contributed by atoms with Gasteiger partial charge in [0.2, 0.25) is 0 Å². The predicted octanol–water partition coefficient (Wildman–Crippen LogP) is 1.78. The van der Waals surface area contributed by atoms with Gasteiger partial charge in [0.25, 0.3) is 0 Å². The molecule has 1 saturated heterocycles. The third-order valence-electron chi connectivity index (χ3n) is 4.17. The Labute approximate surface area is 107 Å². The van der Waals surface area contributed by atoms with E-state index >= 15 is 0 Å². The first-order valence-electron chi connectivity index (χ1n) is 7.22. The third kappa shape index (κ3) is 4.57. The molecular weight excluding hydrogens is 210 g/mol. The summed E-state index contributed by atoms with van der Waals surface area (Å²) >= 11 is 0. The molecule has 3 nitrogen and oxygen atoms in total. The van der Waals surface area contributed by atoms with Crippen LogP contribution in [-0.2, 0) is 0 Å². The summed E-state index contributed by atoms with van der Waals surface area (Å²) in [6.45, 7) is 11.3. The number of hydrogen-bond acceptors (Lipinski definition) is 3. The van der Waals surface area contributed by atoms with Crippen LogP contribution >= 0.6 is 0 Å². The van der Waals surface area contributed by atoms with Gasteiger partial charge in [-0.1, -0.05) is 20.8 Å². The van der Waals surface area contributed by atoms with Crippen LogP contribution in [0.3, 0.4) is 0 Å². The van der Waals surface area contributed by atoms with Crippen LogP contribution < -0.4 is 5.73 Å². The van der Waals surface area contributed by atoms with Crippen molar-refractivity contribution in [2.24, 2.45) is 11.7 Å². The molecule has 0 aliphatic carbocycles. The first-order valence-corrected chi connectivity index (χ1v) is 7.22. The van der Waals surface area contributed by atoms with E-state index in [0.29, 0.717) is 6.04 Å². The van der Waals surface area contributed by atoms with Crippen molar-refractivity contribution >= 4 is 0 Å². The number of rotatable bonds is 6. The number of hydrogen-bond donors (Lipinski definition) is 1. The molecule has 102 valence electrons. The molecule has 1 atom stereocenters. The van der Waals surface area contributed by atoms with E-state index < -0.39 is 0 Å². The summed E-state index contributed by atoms with van der Waals surface area (Å²) in [6, 6.07) is 1.30. The Morgan fingerprint density at radius 1 is 1.29 bits per heavy atom. The Bertz CT molecular complexity index is 198. The highest BCUT2D eigenvalue weighted by molar-refractivity contribution is 4.82. The highest BCUT2D eigenvalue weighted by atomic mass is 15.2. The van der Waals surface area contributed by atoms with Gasteiger partial charge in [0.05, 0.1) is 0 Å². The fraction of sp³-hybridized carbons (Fsp3) is 1.00. The van der Waals surface area contributed by atoms with Crippen LogP contribution in [0.15, 0.2) is 0 Å². The van der Waals surface area contributed by atoms with Crippen LogP contribution in [0.25, 0.3) is 0 Å². The van der Waals surface area contributed by atoms with Crippen LogP contribution in [0.1, 0.15) is 40.0 Å². The lowest BCUT2D eigenvalue weighted by Gasteiger charge is -2.40. The first-order chi connectivity index (χ1) is 8.08. The fourth-order valence-electron chi connectivity index (χ4n) is 2.91. The number of likely N-dealkylation sites (N-methyl/N-ethyl adjacent to an activating group) is 1. The molecule has 0 aromatic heterocycles. The second-order valence-corrected chi connectivity index (χ2v) is 5.85. The second-order valence-electron chi connectivity index (χ2n) is 5.85. The molecule has 1 aliphatic heterocycles. The smallest absolute Gasteiger partial charge is 0.0220 e. The molecule has 0 radical (unpaired) electrons. The lowest BCUT2D eigenvalue weighted by Crippen LogP contribution is -2.49. The topological polar surface area (TPSA) is 32.5 Å². The number of piperidine rings is 1. The molecule has 1 rings (SSSR count). The minimum Gasteiger partial charge on any atom is -0.329 e. The van der Waals surface area contributed by atoms with Crippen molar-refractivity contribution in [3.8, 4) is 0 Å². The van der Waals surface area contributed by atoms with Gasteiger partial charge in [0.15, 0.2) is 0 Å². The Hall–Kier alpha value is -0.120. The molecule has 3 heteroatoms. The Morgan fingerprint density at radius 2 is 1.88 bits per heavy atom. The average molecular weight is 241 g/mol. The van der Waals surface area contributed by atoms with Crippen molar-refractivity contribution in [1.29, 1.82) is 0 Å². The highest BCUT2D eigenvalue weighted by Crippen LogP contribution is 2.19. The van der Waals surface area contributed by atoms with Gasteiger partial charge in [-0.25, -0.2) is 0 Å². The molecule has 2 N–H and O–H groups in total. The third-order valence-corrected chi connectivity index (χ3v) is 4.17. The molecule has 1 aliphatic rings. The van der Waals surface area contributed by atoms with Gasteiger partial charge in [0, 0.05) is 18.6 Å². The van der Waals surface area contributed by atoms with E-state index in [1.807, 2.05) is 0 Å². The van der Waals surface area contributed by atoms with Crippen LogP contribution in [0.5, 0.6) is 0 Å². The number of nitrogens with two attached hydrogens (primary N) is 1. The maximum Gasteiger partial charge on any atom is 0.0220 e. The summed E-state index contributed by atoms with van der Waals surface area (Å²) in [5.41, 5.74) is 5.93. The summed E-state index contributed by atoms with van der Waals surface area (Å²) in [6.07, 6.45) is 3.83. The van der Waals surface area contributed by atoms with E-state index in [0.717, 1.165) is 18.5 Å². The first kappa shape index (κ1) is 14.9. The maximum absolute atomic E-state index is 5.93. The van der Waals surface area contributed by atoms with E-state index in [4.69, 9.17) is 5.73 Å². The Balaban J connectivity index is 2.43. The normalized spacial score (nSPS) is 21.4. The van der Waals surface area contributed by atoms with Crippen LogP contribution in [0.4, 0.5) is 0 Å². The molecule has 0 bridgehead atoms. The Morgan fingerprint density at radius 3 is 2.29 bits per heavy atom. The molecule has 0 aromatic carbocycles. The number of likely N-dealkylation sites (tertiary alicyclic amines) is 1. The van der Waals surface area contributed by atoms with Crippen molar-refractivity contribution in [3.05, 3.63) is 0 Å². The zero-order valence-corrected chi connectivity index (χ0v) is 12.2. The summed E-state index contributed by atoms with van der Waals surface area (Å²) < 4.78 is 0. The van der Waals surface area contributed by atoms with Gasteiger partial charge in [0.1, 0.15) is 0 Å². The van der Waals surface area contributed by atoms with Gasteiger partial charge in [-0.15, -0.1) is 0 Å². The van der Waals surface area contributed by atoms with E-state index in [1.54, 1.807) is 0 Å². The van der Waals surface area contributed by atoms with Crippen molar-refractivity contribution in [3.63, 3.8) is 0 Å². The SMILES string of the molecule is CCN1CCC(N(C)C(CN)CC(C)C)CC1. The van der Waals surface area contributed by atoms with Crippen molar-refractivity contribution < 1.29 is 0 Å². The molecule has 1 heterocycles. The minimum atomic E-state index is 0.563. The fourth-order valence-corrected chi connectivity index (χ4v) is 2.91. The van der Waals surface area contributed by atoms with E-state index in [2.05, 4.69) is 37.6 Å². The van der Waals surface area contributed by atoms with Crippen LogP contribution in [-0.4, -0.2) is 55.1 Å². The molecule has 1 fully saturated rings. The lowest BCUT2D eigenvalue weighted by molar-refractivity contribution is 0.0923. The highest BCUT2D eigenvalue weighted by Gasteiger charge is 2.26. The maximum atomic E-state index is 5.93. The number of nitrogens with zero attached hydrogens (tertiary/aromatic N) is 2.